The maximum Gasteiger partial charge on any atom is 0.452 e. The number of nitrogens with zero attached hydrogens (tertiary/aromatic N) is 3. The molecular formula is C11H16F3N3O2S2. The summed E-state index contributed by atoms with van der Waals surface area (Å²) < 4.78 is 64.6. The molecule has 0 N–H and O–H groups in total. The van der Waals surface area contributed by atoms with Gasteiger partial charge in [0.2, 0.25) is 11.0 Å². The van der Waals surface area contributed by atoms with E-state index in [9.17, 15) is 21.6 Å². The average molecular weight is 343 g/mol. The van der Waals surface area contributed by atoms with Gasteiger partial charge < -0.3 is 4.90 Å². The summed E-state index contributed by atoms with van der Waals surface area (Å²) in [5.74, 6) is -1.25. The Kier molecular flexibility index (Phi) is 4.22. The van der Waals surface area contributed by atoms with E-state index >= 15 is 0 Å². The zero-order chi connectivity index (χ0) is 15.9. The van der Waals surface area contributed by atoms with Gasteiger partial charge in [0.15, 0.2) is 9.84 Å². The van der Waals surface area contributed by atoms with E-state index in [4.69, 9.17) is 0 Å². The molecule has 1 aliphatic rings. The monoisotopic (exact) mass is 343 g/mol. The van der Waals surface area contributed by atoms with Gasteiger partial charge in [-0.3, -0.25) is 0 Å². The van der Waals surface area contributed by atoms with Crippen molar-refractivity contribution in [1.29, 1.82) is 0 Å². The third-order valence-corrected chi connectivity index (χ3v) is 7.52. The van der Waals surface area contributed by atoms with Crippen LogP contribution in [0.2, 0.25) is 0 Å². The summed E-state index contributed by atoms with van der Waals surface area (Å²) in [6.07, 6.45) is -3.73. The first-order valence-corrected chi connectivity index (χ1v) is 8.96. The van der Waals surface area contributed by atoms with Crippen LogP contribution < -0.4 is 4.90 Å². The SMILES string of the molecule is CCC1(CC)CN(c2nc(C(F)(F)F)ns2)CCS1(=O)=O. The number of aromatic nitrogens is 2. The smallest absolute Gasteiger partial charge is 0.344 e. The molecule has 0 aromatic carbocycles. The number of hydrogen-bond acceptors (Lipinski definition) is 6. The summed E-state index contributed by atoms with van der Waals surface area (Å²) in [7, 11) is -3.26. The maximum atomic E-state index is 12.5. The van der Waals surface area contributed by atoms with Crippen LogP contribution in [-0.2, 0) is 16.0 Å². The Labute approximate surface area is 125 Å². The summed E-state index contributed by atoms with van der Waals surface area (Å²) in [4.78, 5) is 5.10. The summed E-state index contributed by atoms with van der Waals surface area (Å²) in [6.45, 7) is 3.88. The number of anilines is 1. The van der Waals surface area contributed by atoms with E-state index in [-0.39, 0.29) is 24.0 Å². The minimum Gasteiger partial charge on any atom is -0.344 e. The molecule has 1 fully saturated rings. The third kappa shape index (κ3) is 2.87. The van der Waals surface area contributed by atoms with Crippen molar-refractivity contribution in [3.63, 3.8) is 0 Å². The van der Waals surface area contributed by atoms with E-state index in [1.54, 1.807) is 18.7 Å². The Bertz CT molecular complexity index is 608. The van der Waals surface area contributed by atoms with Gasteiger partial charge in [-0.15, -0.1) is 0 Å². The van der Waals surface area contributed by atoms with Crippen LogP contribution in [0.15, 0.2) is 0 Å². The second kappa shape index (κ2) is 5.38. The molecule has 1 saturated heterocycles. The van der Waals surface area contributed by atoms with Gasteiger partial charge in [0.1, 0.15) is 0 Å². The maximum absolute atomic E-state index is 12.5. The highest BCUT2D eigenvalue weighted by Crippen LogP contribution is 2.36. The van der Waals surface area contributed by atoms with Crippen LogP contribution in [0.3, 0.4) is 0 Å². The molecule has 0 atom stereocenters. The van der Waals surface area contributed by atoms with E-state index in [0.29, 0.717) is 24.4 Å². The molecule has 1 aromatic rings. The molecule has 5 nitrogen and oxygen atoms in total. The fraction of sp³-hybridized carbons (Fsp3) is 0.818. The highest BCUT2D eigenvalue weighted by molar-refractivity contribution is 7.92. The minimum absolute atomic E-state index is 0.0738. The Morgan fingerprint density at radius 3 is 2.43 bits per heavy atom. The lowest BCUT2D eigenvalue weighted by Crippen LogP contribution is -2.55. The lowest BCUT2D eigenvalue weighted by Gasteiger charge is -2.41. The van der Waals surface area contributed by atoms with Gasteiger partial charge in [-0.05, 0) is 12.8 Å². The van der Waals surface area contributed by atoms with Crippen LogP contribution in [-0.4, -0.2) is 41.4 Å². The number of halogens is 3. The van der Waals surface area contributed by atoms with Crippen molar-refractivity contribution < 1.29 is 21.6 Å². The molecule has 0 radical (unpaired) electrons. The standard InChI is InChI=1S/C11H16F3N3O2S2/c1-3-10(4-2)7-17(5-6-21(10,18)19)9-15-8(16-20-9)11(12,13)14/h3-7H2,1-2H3. The third-order valence-electron chi connectivity index (χ3n) is 4.00. The van der Waals surface area contributed by atoms with Gasteiger partial charge in [0.05, 0.1) is 10.5 Å². The zero-order valence-electron chi connectivity index (χ0n) is 11.6. The fourth-order valence-corrected chi connectivity index (χ4v) is 5.34. The molecule has 120 valence electrons. The molecule has 21 heavy (non-hydrogen) atoms. The molecule has 0 spiro atoms. The van der Waals surface area contributed by atoms with Gasteiger partial charge in [-0.25, -0.2) is 8.42 Å². The van der Waals surface area contributed by atoms with Crippen molar-refractivity contribution >= 4 is 26.5 Å². The molecule has 1 aromatic heterocycles. The van der Waals surface area contributed by atoms with Gasteiger partial charge in [0.25, 0.3) is 0 Å². The van der Waals surface area contributed by atoms with E-state index in [0.717, 1.165) is 0 Å². The average Bonchev–Trinajstić information content (AvgIpc) is 2.88. The first kappa shape index (κ1) is 16.5. The van der Waals surface area contributed by atoms with Crippen LogP contribution in [0.25, 0.3) is 0 Å². The van der Waals surface area contributed by atoms with E-state index in [2.05, 4.69) is 9.36 Å². The van der Waals surface area contributed by atoms with Crippen LogP contribution in [0.4, 0.5) is 18.3 Å². The molecule has 1 aliphatic heterocycles. The predicted octanol–water partition coefficient (Wildman–Crippen LogP) is 2.35. The minimum atomic E-state index is -4.58. The van der Waals surface area contributed by atoms with E-state index < -0.39 is 26.6 Å². The zero-order valence-corrected chi connectivity index (χ0v) is 13.3. The van der Waals surface area contributed by atoms with Crippen molar-refractivity contribution in [2.75, 3.05) is 23.7 Å². The second-order valence-corrected chi connectivity index (χ2v) is 8.26. The molecule has 10 heteroatoms. The number of hydrogen-bond donors (Lipinski definition) is 0. The molecule has 2 rings (SSSR count). The summed E-state index contributed by atoms with van der Waals surface area (Å²) in [6, 6.07) is 0. The van der Waals surface area contributed by atoms with Gasteiger partial charge in [-0.2, -0.15) is 22.5 Å². The molecule has 2 heterocycles. The van der Waals surface area contributed by atoms with Gasteiger partial charge in [-0.1, -0.05) is 13.8 Å². The number of sulfone groups is 1. The lowest BCUT2D eigenvalue weighted by molar-refractivity contribution is -0.144. The highest BCUT2D eigenvalue weighted by Gasteiger charge is 2.46. The quantitative estimate of drug-likeness (QED) is 0.843. The van der Waals surface area contributed by atoms with E-state index in [1.807, 2.05) is 0 Å². The molecule has 0 saturated carbocycles. The molecule has 0 aliphatic carbocycles. The Balaban J connectivity index is 2.29. The van der Waals surface area contributed by atoms with Crippen molar-refractivity contribution in [2.45, 2.75) is 37.6 Å². The summed E-state index contributed by atoms with van der Waals surface area (Å²) >= 11 is 0.655. The Hall–Kier alpha value is -0.900. The first-order chi connectivity index (χ1) is 9.65. The second-order valence-electron chi connectivity index (χ2n) is 5.03. The topological polar surface area (TPSA) is 63.2 Å². The summed E-state index contributed by atoms with van der Waals surface area (Å²) in [5, 5.41) is 0.128. The van der Waals surface area contributed by atoms with Crippen LogP contribution in [0.5, 0.6) is 0 Å². The lowest BCUT2D eigenvalue weighted by atomic mass is 10.0. The molecule has 0 amide bonds. The molecular weight excluding hydrogens is 327 g/mol. The van der Waals surface area contributed by atoms with Gasteiger partial charge >= 0.3 is 6.18 Å². The Morgan fingerprint density at radius 1 is 1.33 bits per heavy atom. The number of rotatable bonds is 3. The molecule has 0 bridgehead atoms. The van der Waals surface area contributed by atoms with Crippen molar-refractivity contribution in [3.05, 3.63) is 5.82 Å². The Morgan fingerprint density at radius 2 is 1.95 bits per heavy atom. The van der Waals surface area contributed by atoms with Crippen LogP contribution in [0, 0.1) is 0 Å². The van der Waals surface area contributed by atoms with Crippen molar-refractivity contribution in [1.82, 2.24) is 9.36 Å². The summed E-state index contributed by atoms with van der Waals surface area (Å²) in [5.41, 5.74) is 0. The highest BCUT2D eigenvalue weighted by atomic mass is 32.2. The van der Waals surface area contributed by atoms with Gasteiger partial charge in [0, 0.05) is 24.6 Å². The van der Waals surface area contributed by atoms with Crippen LogP contribution in [0.1, 0.15) is 32.5 Å². The van der Waals surface area contributed by atoms with Crippen molar-refractivity contribution in [2.24, 2.45) is 0 Å². The fourth-order valence-electron chi connectivity index (χ4n) is 2.51. The van der Waals surface area contributed by atoms with E-state index in [1.165, 1.54) is 0 Å². The normalized spacial score (nSPS) is 21.5. The number of alkyl halides is 3. The predicted molar refractivity (Wildman–Crippen MR) is 74.2 cm³/mol. The largest absolute Gasteiger partial charge is 0.452 e. The first-order valence-electron chi connectivity index (χ1n) is 6.53. The van der Waals surface area contributed by atoms with Crippen LogP contribution >= 0.6 is 11.5 Å². The molecule has 0 unspecified atom stereocenters. The van der Waals surface area contributed by atoms with Crippen molar-refractivity contribution in [3.8, 4) is 0 Å².